The number of aliphatic hydroxyl groups is 2. The Morgan fingerprint density at radius 1 is 0.318 bits per heavy atom. The molecule has 6 nitrogen and oxygen atoms in total. The molecule has 0 aromatic rings. The molecule has 1 amide bonds. The highest BCUT2D eigenvalue weighted by atomic mass is 16.5. The number of allylic oxidation sites excluding steroid dienone is 1. The van der Waals surface area contributed by atoms with Crippen LogP contribution in [0.4, 0.5) is 0 Å². The van der Waals surface area contributed by atoms with E-state index in [0.29, 0.717) is 19.4 Å². The van der Waals surface area contributed by atoms with Crippen LogP contribution in [0.5, 0.6) is 0 Å². The van der Waals surface area contributed by atoms with Gasteiger partial charge < -0.3 is 20.3 Å². The summed E-state index contributed by atoms with van der Waals surface area (Å²) in [6, 6.07) is -0.623. The smallest absolute Gasteiger partial charge is 0.305 e. The predicted molar refractivity (Wildman–Crippen MR) is 375 cm³/mol. The molecule has 0 saturated heterocycles. The molecule has 0 bridgehead atoms. The van der Waals surface area contributed by atoms with Gasteiger partial charge in [0.15, 0.2) is 0 Å². The summed E-state index contributed by atoms with van der Waals surface area (Å²) in [4.78, 5) is 24.6. The van der Waals surface area contributed by atoms with E-state index in [4.69, 9.17) is 4.74 Å². The summed E-state index contributed by atoms with van der Waals surface area (Å²) < 4.78 is 5.51. The van der Waals surface area contributed by atoms with Crippen molar-refractivity contribution in [1.82, 2.24) is 5.32 Å². The van der Waals surface area contributed by atoms with Crippen molar-refractivity contribution in [2.75, 3.05) is 13.2 Å². The Balaban J connectivity index is 3.31. The van der Waals surface area contributed by atoms with Gasteiger partial charge in [-0.3, -0.25) is 9.59 Å². The van der Waals surface area contributed by atoms with E-state index in [9.17, 15) is 19.8 Å². The molecule has 506 valence electrons. The molecule has 0 aromatic heterocycles. The van der Waals surface area contributed by atoms with Gasteiger partial charge in [-0.1, -0.05) is 424 Å². The number of hydrogen-bond donors (Lipinski definition) is 3. The summed E-state index contributed by atoms with van der Waals surface area (Å²) in [6.45, 7) is 4.96. The van der Waals surface area contributed by atoms with Crippen LogP contribution < -0.4 is 5.32 Å². The fourth-order valence-electron chi connectivity index (χ4n) is 12.8. The zero-order valence-corrected chi connectivity index (χ0v) is 58.1. The second-order valence-electron chi connectivity index (χ2n) is 27.4. The third kappa shape index (κ3) is 71.6. The molecule has 0 spiro atoms. The predicted octanol–water partition coefficient (Wildman–Crippen LogP) is 25.9. The topological polar surface area (TPSA) is 95.9 Å². The molecule has 0 aliphatic rings. The van der Waals surface area contributed by atoms with Crippen LogP contribution in [0, 0.1) is 0 Å². The normalized spacial score (nSPS) is 12.5. The molecule has 0 aliphatic heterocycles. The summed E-state index contributed by atoms with van der Waals surface area (Å²) in [6.07, 6.45) is 94.8. The average molecular weight is 1200 g/mol. The summed E-state index contributed by atoms with van der Waals surface area (Å²) in [5.41, 5.74) is 0. The molecule has 0 aliphatic carbocycles. The molecule has 0 fully saturated rings. The van der Waals surface area contributed by atoms with Crippen molar-refractivity contribution in [2.45, 2.75) is 469 Å². The van der Waals surface area contributed by atoms with Gasteiger partial charge in [0.05, 0.1) is 25.4 Å². The van der Waals surface area contributed by atoms with Crippen LogP contribution >= 0.6 is 0 Å². The second kappa shape index (κ2) is 75.1. The lowest BCUT2D eigenvalue weighted by Crippen LogP contribution is -2.45. The van der Waals surface area contributed by atoms with Gasteiger partial charge in [-0.2, -0.15) is 0 Å². The number of carbonyl (C=O) groups is 2. The van der Waals surface area contributed by atoms with Gasteiger partial charge in [0.1, 0.15) is 0 Å². The van der Waals surface area contributed by atoms with Gasteiger partial charge in [0.25, 0.3) is 0 Å². The number of carbonyl (C=O) groups excluding carboxylic acids is 2. The van der Waals surface area contributed by atoms with Crippen molar-refractivity contribution in [2.24, 2.45) is 0 Å². The number of hydrogen-bond acceptors (Lipinski definition) is 5. The summed E-state index contributed by atoms with van der Waals surface area (Å²) in [7, 11) is 0. The molecular weight excluding hydrogens is 1040 g/mol. The van der Waals surface area contributed by atoms with Gasteiger partial charge in [-0.15, -0.1) is 0 Å². The first-order valence-electron chi connectivity index (χ1n) is 39.5. The molecule has 0 aromatic carbocycles. The summed E-state index contributed by atoms with van der Waals surface area (Å²) >= 11 is 0. The molecule has 0 rings (SSSR count). The molecule has 2 atom stereocenters. The van der Waals surface area contributed by atoms with Gasteiger partial charge in [0, 0.05) is 12.8 Å². The van der Waals surface area contributed by atoms with Crippen LogP contribution in [0.2, 0.25) is 0 Å². The minimum absolute atomic E-state index is 0.0270. The highest BCUT2D eigenvalue weighted by Gasteiger charge is 2.18. The summed E-state index contributed by atoms with van der Waals surface area (Å²) in [5, 5.41) is 23.2. The van der Waals surface area contributed by atoms with E-state index >= 15 is 0 Å². The first-order chi connectivity index (χ1) is 42.0. The number of amides is 1. The molecule has 3 N–H and O–H groups in total. The average Bonchev–Trinajstić information content (AvgIpc) is 3.51. The van der Waals surface area contributed by atoms with Crippen molar-refractivity contribution in [1.29, 1.82) is 0 Å². The van der Waals surface area contributed by atoms with Crippen LogP contribution in [0.15, 0.2) is 12.2 Å². The maximum absolute atomic E-state index is 12.5. The van der Waals surface area contributed by atoms with Crippen LogP contribution in [-0.4, -0.2) is 47.4 Å². The first-order valence-corrected chi connectivity index (χ1v) is 39.5. The SMILES string of the molecule is CCCCCCCCCCCCCCCCC/C=C/C(O)C(CO)NC(=O)CCCCCCCCCCCCCCCCCCCCCCCCCCCCCCCCCCCCCOC(=O)CCCCCCCCCCCCCCCCCC. The monoisotopic (exact) mass is 1200 g/mol. The number of rotatable bonds is 75. The van der Waals surface area contributed by atoms with E-state index in [-0.39, 0.29) is 18.5 Å². The molecular formula is C79H155NO5. The van der Waals surface area contributed by atoms with Crippen LogP contribution in [0.3, 0.4) is 0 Å². The van der Waals surface area contributed by atoms with Crippen molar-refractivity contribution < 1.29 is 24.5 Å². The minimum atomic E-state index is -0.840. The molecule has 85 heavy (non-hydrogen) atoms. The second-order valence-corrected chi connectivity index (χ2v) is 27.4. The third-order valence-electron chi connectivity index (χ3n) is 18.8. The third-order valence-corrected chi connectivity index (χ3v) is 18.8. The lowest BCUT2D eigenvalue weighted by molar-refractivity contribution is -0.143. The van der Waals surface area contributed by atoms with Gasteiger partial charge >= 0.3 is 5.97 Å². The van der Waals surface area contributed by atoms with Crippen LogP contribution in [0.25, 0.3) is 0 Å². The van der Waals surface area contributed by atoms with Gasteiger partial charge in [-0.05, 0) is 32.1 Å². The van der Waals surface area contributed by atoms with E-state index in [2.05, 4.69) is 19.2 Å². The van der Waals surface area contributed by atoms with Gasteiger partial charge in [-0.25, -0.2) is 0 Å². The molecule has 2 unspecified atom stereocenters. The number of nitrogens with one attached hydrogen (secondary N) is 1. The first kappa shape index (κ1) is 83.6. The van der Waals surface area contributed by atoms with Gasteiger partial charge in [0.2, 0.25) is 5.91 Å². The lowest BCUT2D eigenvalue weighted by atomic mass is 10.0. The highest BCUT2D eigenvalue weighted by molar-refractivity contribution is 5.76. The zero-order valence-electron chi connectivity index (χ0n) is 58.1. The Morgan fingerprint density at radius 3 is 0.800 bits per heavy atom. The summed E-state index contributed by atoms with van der Waals surface area (Å²) in [5.74, 6) is -0.0315. The number of aliphatic hydroxyl groups excluding tert-OH is 2. The van der Waals surface area contributed by atoms with E-state index in [1.807, 2.05) is 6.08 Å². The maximum Gasteiger partial charge on any atom is 0.305 e. The molecule has 0 saturated carbocycles. The fourth-order valence-corrected chi connectivity index (χ4v) is 12.8. The van der Waals surface area contributed by atoms with E-state index < -0.39 is 12.1 Å². The van der Waals surface area contributed by atoms with E-state index in [1.54, 1.807) is 6.08 Å². The van der Waals surface area contributed by atoms with E-state index in [0.717, 1.165) is 38.5 Å². The number of unbranched alkanes of at least 4 members (excludes halogenated alkanes) is 64. The van der Waals surface area contributed by atoms with Crippen molar-refractivity contribution in [3.05, 3.63) is 12.2 Å². The highest BCUT2D eigenvalue weighted by Crippen LogP contribution is 2.20. The van der Waals surface area contributed by atoms with E-state index in [1.165, 1.54) is 392 Å². The Hall–Kier alpha value is -1.40. The Kier molecular flexibility index (Phi) is 73.8. The van der Waals surface area contributed by atoms with Crippen molar-refractivity contribution >= 4 is 11.9 Å². The quantitative estimate of drug-likeness (QED) is 0.0320. The Bertz CT molecular complexity index is 1290. The molecule has 0 heterocycles. The Morgan fingerprint density at radius 2 is 0.541 bits per heavy atom. The van der Waals surface area contributed by atoms with Crippen molar-refractivity contribution in [3.63, 3.8) is 0 Å². The number of esters is 1. The van der Waals surface area contributed by atoms with Crippen LogP contribution in [0.1, 0.15) is 457 Å². The maximum atomic E-state index is 12.5. The largest absolute Gasteiger partial charge is 0.466 e. The lowest BCUT2D eigenvalue weighted by Gasteiger charge is -2.20. The minimum Gasteiger partial charge on any atom is -0.466 e. The van der Waals surface area contributed by atoms with Crippen LogP contribution in [-0.2, 0) is 14.3 Å². The van der Waals surface area contributed by atoms with Crippen molar-refractivity contribution in [3.8, 4) is 0 Å². The standard InChI is InChI=1S/C79H155NO5/c1-3-5-7-9-11-13-15-17-19-40-43-47-51-55-59-63-67-71-77(82)76(75-81)80-78(83)72-68-64-60-56-52-48-44-41-38-36-34-32-30-28-26-24-22-21-23-25-27-29-31-33-35-37-39-42-46-50-54-58-62-66-70-74-85-79(84)73-69-65-61-57-53-49-45-20-18-16-14-12-10-8-6-4-2/h67,71,76-77,81-82H,3-66,68-70,72-75H2,1-2H3,(H,80,83)/b71-67+. The molecule has 0 radical (unpaired) electrons. The Labute approximate surface area is 533 Å². The zero-order chi connectivity index (χ0) is 61.3. The number of ether oxygens (including phenoxy) is 1. The fraction of sp³-hybridized carbons (Fsp3) is 0.949. The molecule has 6 heteroatoms.